The highest BCUT2D eigenvalue weighted by molar-refractivity contribution is 5.72. The van der Waals surface area contributed by atoms with Crippen LogP contribution in [0.1, 0.15) is 25.7 Å². The van der Waals surface area contributed by atoms with Crippen molar-refractivity contribution in [3.63, 3.8) is 0 Å². The molecule has 1 N–H and O–H groups in total. The van der Waals surface area contributed by atoms with E-state index in [9.17, 15) is 4.79 Å². The second-order valence-corrected chi connectivity index (χ2v) is 5.47. The molecule has 3 unspecified atom stereocenters. The third kappa shape index (κ3) is 3.93. The van der Waals surface area contributed by atoms with E-state index in [4.69, 9.17) is 14.6 Å². The van der Waals surface area contributed by atoms with Crippen LogP contribution in [0.5, 0.6) is 0 Å². The number of carbonyl (C=O) groups is 1. The molecule has 3 atom stereocenters. The summed E-state index contributed by atoms with van der Waals surface area (Å²) in [4.78, 5) is 13.0. The molecule has 104 valence electrons. The lowest BCUT2D eigenvalue weighted by Gasteiger charge is -2.28. The molecule has 0 aromatic heterocycles. The number of hydrogen-bond acceptors (Lipinski definition) is 4. The van der Waals surface area contributed by atoms with Crippen LogP contribution in [0.2, 0.25) is 0 Å². The van der Waals surface area contributed by atoms with Gasteiger partial charge in [-0.1, -0.05) is 0 Å². The predicted octanol–water partition coefficient (Wildman–Crippen LogP) is 0.977. The second-order valence-electron chi connectivity index (χ2n) is 5.47. The quantitative estimate of drug-likeness (QED) is 0.795. The van der Waals surface area contributed by atoms with Crippen molar-refractivity contribution in [1.82, 2.24) is 4.90 Å². The maximum atomic E-state index is 10.8. The van der Waals surface area contributed by atoms with E-state index < -0.39 is 12.1 Å². The van der Waals surface area contributed by atoms with E-state index in [2.05, 4.69) is 11.9 Å². The van der Waals surface area contributed by atoms with Crippen LogP contribution < -0.4 is 0 Å². The van der Waals surface area contributed by atoms with Crippen LogP contribution in [0.3, 0.4) is 0 Å². The van der Waals surface area contributed by atoms with Crippen LogP contribution in [0, 0.1) is 5.92 Å². The van der Waals surface area contributed by atoms with Gasteiger partial charge in [0.2, 0.25) is 0 Å². The van der Waals surface area contributed by atoms with Gasteiger partial charge in [0.25, 0.3) is 0 Å². The first kappa shape index (κ1) is 13.8. The summed E-state index contributed by atoms with van der Waals surface area (Å²) in [6, 6.07) is 0. The molecule has 0 aliphatic carbocycles. The van der Waals surface area contributed by atoms with Crippen molar-refractivity contribution in [3.8, 4) is 0 Å². The van der Waals surface area contributed by atoms with Gasteiger partial charge in [-0.05, 0) is 38.6 Å². The molecule has 5 nitrogen and oxygen atoms in total. The minimum Gasteiger partial charge on any atom is -0.479 e. The van der Waals surface area contributed by atoms with Gasteiger partial charge in [-0.3, -0.25) is 0 Å². The van der Waals surface area contributed by atoms with Gasteiger partial charge in [-0.15, -0.1) is 0 Å². The highest BCUT2D eigenvalue weighted by Crippen LogP contribution is 2.21. The summed E-state index contributed by atoms with van der Waals surface area (Å²) in [7, 11) is 2.08. The minimum atomic E-state index is -0.833. The highest BCUT2D eigenvalue weighted by Gasteiger charge is 2.31. The minimum absolute atomic E-state index is 0.0700. The van der Waals surface area contributed by atoms with Crippen LogP contribution in [-0.2, 0) is 14.3 Å². The van der Waals surface area contributed by atoms with Gasteiger partial charge >= 0.3 is 5.97 Å². The molecule has 2 fully saturated rings. The zero-order valence-corrected chi connectivity index (χ0v) is 11.0. The molecule has 18 heavy (non-hydrogen) atoms. The number of nitrogens with zero attached hydrogens (tertiary/aromatic N) is 1. The van der Waals surface area contributed by atoms with Gasteiger partial charge < -0.3 is 19.5 Å². The van der Waals surface area contributed by atoms with Gasteiger partial charge in [0, 0.05) is 19.7 Å². The van der Waals surface area contributed by atoms with E-state index in [0.29, 0.717) is 12.3 Å². The Morgan fingerprint density at radius 2 is 2.17 bits per heavy atom. The fraction of sp³-hybridized carbons (Fsp3) is 0.923. The smallest absolute Gasteiger partial charge is 0.332 e. The van der Waals surface area contributed by atoms with E-state index in [1.165, 1.54) is 6.42 Å². The molecular formula is C13H23NO4. The third-order valence-corrected chi connectivity index (χ3v) is 3.72. The van der Waals surface area contributed by atoms with Crippen molar-refractivity contribution in [2.75, 3.05) is 33.4 Å². The molecule has 0 bridgehead atoms. The van der Waals surface area contributed by atoms with Crippen molar-refractivity contribution >= 4 is 5.97 Å². The predicted molar refractivity (Wildman–Crippen MR) is 66.6 cm³/mol. The first-order valence-electron chi connectivity index (χ1n) is 6.79. The Labute approximate surface area is 108 Å². The fourth-order valence-electron chi connectivity index (χ4n) is 2.84. The van der Waals surface area contributed by atoms with Crippen LogP contribution in [0.25, 0.3) is 0 Å². The summed E-state index contributed by atoms with van der Waals surface area (Å²) >= 11 is 0. The topological polar surface area (TPSA) is 59.0 Å². The average Bonchev–Trinajstić information content (AvgIpc) is 2.78. The molecule has 0 aromatic carbocycles. The Morgan fingerprint density at radius 1 is 1.33 bits per heavy atom. The van der Waals surface area contributed by atoms with Gasteiger partial charge in [-0.25, -0.2) is 4.79 Å². The summed E-state index contributed by atoms with van der Waals surface area (Å²) in [6.07, 6.45) is 3.35. The Balaban J connectivity index is 1.68. The second kappa shape index (κ2) is 6.50. The maximum Gasteiger partial charge on any atom is 0.332 e. The lowest BCUT2D eigenvalue weighted by atomic mass is 10.0. The number of aliphatic carboxylic acids is 1. The summed E-state index contributed by atoms with van der Waals surface area (Å²) in [5.74, 6) is -0.221. The summed E-state index contributed by atoms with van der Waals surface area (Å²) < 4.78 is 11.0. The van der Waals surface area contributed by atoms with Gasteiger partial charge in [0.05, 0.1) is 12.7 Å². The molecule has 2 aliphatic heterocycles. The van der Waals surface area contributed by atoms with Gasteiger partial charge in [0.1, 0.15) is 0 Å². The van der Waals surface area contributed by atoms with Crippen LogP contribution in [-0.4, -0.2) is 61.5 Å². The SMILES string of the molecule is CN(CC1CCCOC1)CC1CCC(C(=O)O)O1. The Bertz CT molecular complexity index is 278. The molecule has 0 spiro atoms. The van der Waals surface area contributed by atoms with Crippen molar-refractivity contribution in [2.24, 2.45) is 5.92 Å². The third-order valence-electron chi connectivity index (χ3n) is 3.72. The number of carboxylic acid groups (broad SMARTS) is 1. The molecule has 0 aromatic rings. The van der Waals surface area contributed by atoms with Crippen molar-refractivity contribution < 1.29 is 19.4 Å². The molecule has 0 amide bonds. The molecule has 2 rings (SSSR count). The molecule has 0 saturated carbocycles. The molecule has 0 radical (unpaired) electrons. The standard InChI is InChI=1S/C13H23NO4/c1-14(7-10-3-2-6-17-9-10)8-11-4-5-12(18-11)13(15)16/h10-12H,2-9H2,1H3,(H,15,16). The Morgan fingerprint density at radius 3 is 2.78 bits per heavy atom. The first-order valence-corrected chi connectivity index (χ1v) is 6.79. The summed E-state index contributed by atoms with van der Waals surface area (Å²) in [5, 5.41) is 8.87. The summed E-state index contributed by atoms with van der Waals surface area (Å²) in [5.41, 5.74) is 0. The fourth-order valence-corrected chi connectivity index (χ4v) is 2.84. The highest BCUT2D eigenvalue weighted by atomic mass is 16.5. The van der Waals surface area contributed by atoms with Gasteiger partial charge in [0.15, 0.2) is 6.10 Å². The average molecular weight is 257 g/mol. The molecule has 2 saturated heterocycles. The van der Waals surface area contributed by atoms with Crippen molar-refractivity contribution in [1.29, 1.82) is 0 Å². The summed E-state index contributed by atoms with van der Waals surface area (Å²) in [6.45, 7) is 3.58. The van der Waals surface area contributed by atoms with Crippen LogP contribution >= 0.6 is 0 Å². The maximum absolute atomic E-state index is 10.8. The molecule has 2 heterocycles. The zero-order valence-electron chi connectivity index (χ0n) is 11.0. The lowest BCUT2D eigenvalue weighted by Crippen LogP contribution is -2.36. The van der Waals surface area contributed by atoms with Gasteiger partial charge in [-0.2, -0.15) is 0 Å². The normalized spacial score (nSPS) is 32.9. The Hall–Kier alpha value is -0.650. The number of rotatable bonds is 5. The Kier molecular flexibility index (Phi) is 4.97. The monoisotopic (exact) mass is 257 g/mol. The van der Waals surface area contributed by atoms with Crippen molar-refractivity contribution in [2.45, 2.75) is 37.9 Å². The molecular weight excluding hydrogens is 234 g/mol. The number of hydrogen-bond donors (Lipinski definition) is 1. The van der Waals surface area contributed by atoms with Crippen LogP contribution in [0.4, 0.5) is 0 Å². The first-order chi connectivity index (χ1) is 8.65. The molecule has 2 aliphatic rings. The van der Waals surface area contributed by atoms with E-state index in [0.717, 1.165) is 39.1 Å². The zero-order chi connectivity index (χ0) is 13.0. The number of carboxylic acids is 1. The van der Waals surface area contributed by atoms with E-state index >= 15 is 0 Å². The largest absolute Gasteiger partial charge is 0.479 e. The van der Waals surface area contributed by atoms with E-state index in [1.807, 2.05) is 0 Å². The molecule has 5 heteroatoms. The lowest BCUT2D eigenvalue weighted by molar-refractivity contribution is -0.149. The number of ether oxygens (including phenoxy) is 2. The van der Waals surface area contributed by atoms with E-state index in [1.54, 1.807) is 0 Å². The number of likely N-dealkylation sites (N-methyl/N-ethyl adjacent to an activating group) is 1. The van der Waals surface area contributed by atoms with Crippen LogP contribution in [0.15, 0.2) is 0 Å². The van der Waals surface area contributed by atoms with Crippen molar-refractivity contribution in [3.05, 3.63) is 0 Å². The van der Waals surface area contributed by atoms with E-state index in [-0.39, 0.29) is 6.10 Å².